The smallest absolute Gasteiger partial charge is 0.416 e. The van der Waals surface area contributed by atoms with Crippen molar-refractivity contribution in [2.45, 2.75) is 38.8 Å². The number of nitrogens with one attached hydrogen (secondary N) is 1. The molecule has 0 saturated heterocycles. The molecule has 0 bridgehead atoms. The van der Waals surface area contributed by atoms with Crippen LogP contribution in [0, 0.1) is 0 Å². The van der Waals surface area contributed by atoms with Crippen LogP contribution < -0.4 is 14.8 Å². The molecule has 0 saturated carbocycles. The molecular weight excluding hydrogens is 413 g/mol. The highest BCUT2D eigenvalue weighted by atomic mass is 32.1. The molecule has 1 aromatic heterocycles. The highest BCUT2D eigenvalue weighted by Crippen LogP contribution is 2.38. The predicted molar refractivity (Wildman–Crippen MR) is 111 cm³/mol. The van der Waals surface area contributed by atoms with Crippen molar-refractivity contribution in [1.82, 2.24) is 4.98 Å². The number of alkyl halides is 3. The van der Waals surface area contributed by atoms with Gasteiger partial charge in [-0.1, -0.05) is 26.8 Å². The summed E-state index contributed by atoms with van der Waals surface area (Å²) < 4.78 is 49.2. The fraction of sp³-hybridized carbons (Fsp3) is 0.318. The van der Waals surface area contributed by atoms with Crippen LogP contribution in [-0.2, 0) is 18.0 Å². The third kappa shape index (κ3) is 4.38. The van der Waals surface area contributed by atoms with E-state index in [1.165, 1.54) is 23.5 Å². The average Bonchev–Trinajstić information content (AvgIpc) is 3.27. The van der Waals surface area contributed by atoms with Gasteiger partial charge in [-0.3, -0.25) is 0 Å². The van der Waals surface area contributed by atoms with E-state index in [-0.39, 0.29) is 12.2 Å². The maximum atomic E-state index is 12.8. The largest absolute Gasteiger partial charge is 0.454 e. The first kappa shape index (κ1) is 20.5. The van der Waals surface area contributed by atoms with Crippen LogP contribution >= 0.6 is 11.3 Å². The summed E-state index contributed by atoms with van der Waals surface area (Å²) in [4.78, 5) is 5.84. The van der Waals surface area contributed by atoms with Crippen molar-refractivity contribution in [3.05, 3.63) is 64.2 Å². The monoisotopic (exact) mass is 434 g/mol. The molecule has 0 radical (unpaired) electrons. The summed E-state index contributed by atoms with van der Waals surface area (Å²) >= 11 is 1.50. The van der Waals surface area contributed by atoms with Crippen molar-refractivity contribution in [1.29, 1.82) is 0 Å². The van der Waals surface area contributed by atoms with E-state index in [0.29, 0.717) is 17.2 Å². The fourth-order valence-corrected chi connectivity index (χ4v) is 4.44. The number of nitrogens with zero attached hydrogens (tertiary/aromatic N) is 1. The standard InChI is InChI=1S/C22H21F3N2O2S/c1-21(2,3)19-18(11-13-4-9-16-17(10-13)29-12-28-16)30-20(27-19)26-15-7-5-14(6-8-15)22(23,24)25/h4-10H,11-12H2,1-3H3,(H,26,27). The molecule has 4 rings (SSSR count). The number of hydrogen-bond donors (Lipinski definition) is 1. The molecule has 2 heterocycles. The number of fused-ring (bicyclic) bond motifs is 1. The number of rotatable bonds is 4. The summed E-state index contributed by atoms with van der Waals surface area (Å²) in [7, 11) is 0. The number of halogens is 3. The molecular formula is C22H21F3N2O2S. The topological polar surface area (TPSA) is 43.4 Å². The van der Waals surface area contributed by atoms with Gasteiger partial charge in [0.25, 0.3) is 0 Å². The van der Waals surface area contributed by atoms with Crippen molar-refractivity contribution in [3.63, 3.8) is 0 Å². The zero-order valence-electron chi connectivity index (χ0n) is 16.8. The molecule has 4 nitrogen and oxygen atoms in total. The maximum Gasteiger partial charge on any atom is 0.416 e. The Balaban J connectivity index is 1.59. The highest BCUT2D eigenvalue weighted by Gasteiger charge is 2.30. The summed E-state index contributed by atoms with van der Waals surface area (Å²) in [5.41, 5.74) is 1.74. The Bertz CT molecular complexity index is 1050. The van der Waals surface area contributed by atoms with Crippen LogP contribution in [0.2, 0.25) is 0 Å². The van der Waals surface area contributed by atoms with Crippen LogP contribution in [0.25, 0.3) is 0 Å². The number of hydrogen-bond acceptors (Lipinski definition) is 5. The second-order valence-corrected chi connectivity index (χ2v) is 9.19. The number of thiazole rings is 1. The summed E-state index contributed by atoms with van der Waals surface area (Å²) in [6.07, 6.45) is -3.67. The van der Waals surface area contributed by atoms with Crippen LogP contribution in [-0.4, -0.2) is 11.8 Å². The van der Waals surface area contributed by atoms with Gasteiger partial charge in [-0.2, -0.15) is 13.2 Å². The summed E-state index contributed by atoms with van der Waals surface area (Å²) in [6.45, 7) is 6.50. The van der Waals surface area contributed by atoms with Crippen LogP contribution in [0.5, 0.6) is 11.5 Å². The normalized spacial score (nSPS) is 13.5. The summed E-state index contributed by atoms with van der Waals surface area (Å²) in [5.74, 6) is 1.47. The Labute approximate surface area is 176 Å². The van der Waals surface area contributed by atoms with E-state index in [2.05, 4.69) is 26.1 Å². The van der Waals surface area contributed by atoms with Gasteiger partial charge in [-0.25, -0.2) is 4.98 Å². The maximum absolute atomic E-state index is 12.8. The Morgan fingerprint density at radius 1 is 1.00 bits per heavy atom. The van der Waals surface area contributed by atoms with Crippen LogP contribution in [0.4, 0.5) is 24.0 Å². The minimum Gasteiger partial charge on any atom is -0.454 e. The number of ether oxygens (including phenoxy) is 2. The molecule has 0 spiro atoms. The molecule has 1 N–H and O–H groups in total. The van der Waals surface area contributed by atoms with Gasteiger partial charge in [0.1, 0.15) is 0 Å². The second kappa shape index (κ2) is 7.50. The molecule has 0 fully saturated rings. The first-order valence-corrected chi connectivity index (χ1v) is 10.2. The SMILES string of the molecule is CC(C)(C)c1nc(Nc2ccc(C(F)(F)F)cc2)sc1Cc1ccc2c(c1)OCO2. The average molecular weight is 434 g/mol. The van der Waals surface area contributed by atoms with Gasteiger partial charge < -0.3 is 14.8 Å². The molecule has 0 amide bonds. The zero-order valence-corrected chi connectivity index (χ0v) is 17.6. The molecule has 0 aliphatic carbocycles. The molecule has 30 heavy (non-hydrogen) atoms. The van der Waals surface area contributed by atoms with E-state index in [9.17, 15) is 13.2 Å². The van der Waals surface area contributed by atoms with Gasteiger partial charge in [0.15, 0.2) is 16.6 Å². The second-order valence-electron chi connectivity index (χ2n) is 8.11. The van der Waals surface area contributed by atoms with Gasteiger partial charge in [0.05, 0.1) is 11.3 Å². The van der Waals surface area contributed by atoms with Crippen LogP contribution in [0.3, 0.4) is 0 Å². The predicted octanol–water partition coefficient (Wildman–Crippen LogP) is 6.52. The van der Waals surface area contributed by atoms with E-state index < -0.39 is 11.7 Å². The van der Waals surface area contributed by atoms with Crippen molar-refractivity contribution >= 4 is 22.2 Å². The highest BCUT2D eigenvalue weighted by molar-refractivity contribution is 7.15. The molecule has 8 heteroatoms. The third-order valence-electron chi connectivity index (χ3n) is 4.67. The summed E-state index contributed by atoms with van der Waals surface area (Å²) in [5, 5.41) is 3.79. The van der Waals surface area contributed by atoms with E-state index in [4.69, 9.17) is 14.5 Å². The van der Waals surface area contributed by atoms with Gasteiger partial charge in [0.2, 0.25) is 6.79 Å². The van der Waals surface area contributed by atoms with Gasteiger partial charge in [-0.15, -0.1) is 11.3 Å². The molecule has 1 aliphatic rings. The van der Waals surface area contributed by atoms with E-state index in [1.54, 1.807) is 0 Å². The molecule has 2 aromatic carbocycles. The molecule has 158 valence electrons. The van der Waals surface area contributed by atoms with E-state index in [0.717, 1.165) is 39.8 Å². The van der Waals surface area contributed by atoms with Gasteiger partial charge in [-0.05, 0) is 42.0 Å². The Morgan fingerprint density at radius 3 is 2.37 bits per heavy atom. The molecule has 0 unspecified atom stereocenters. The first-order valence-electron chi connectivity index (χ1n) is 9.42. The van der Waals surface area contributed by atoms with Gasteiger partial charge >= 0.3 is 6.18 Å². The summed E-state index contributed by atoms with van der Waals surface area (Å²) in [6, 6.07) is 10.8. The third-order valence-corrected chi connectivity index (χ3v) is 5.64. The quantitative estimate of drug-likeness (QED) is 0.508. The molecule has 3 aromatic rings. The lowest BCUT2D eigenvalue weighted by Crippen LogP contribution is -2.14. The first-order chi connectivity index (χ1) is 14.1. The lowest BCUT2D eigenvalue weighted by molar-refractivity contribution is -0.137. The molecule has 0 atom stereocenters. The van der Waals surface area contributed by atoms with Crippen molar-refractivity contribution in [2.75, 3.05) is 12.1 Å². The Morgan fingerprint density at radius 2 is 1.70 bits per heavy atom. The van der Waals surface area contributed by atoms with Crippen LogP contribution in [0.1, 0.15) is 42.5 Å². The Kier molecular flexibility index (Phi) is 5.13. The minimum atomic E-state index is -4.35. The number of benzene rings is 2. The fourth-order valence-electron chi connectivity index (χ4n) is 3.21. The van der Waals surface area contributed by atoms with E-state index >= 15 is 0 Å². The zero-order chi connectivity index (χ0) is 21.5. The Hall–Kier alpha value is -2.74. The lowest BCUT2D eigenvalue weighted by Gasteiger charge is -2.17. The van der Waals surface area contributed by atoms with Crippen molar-refractivity contribution < 1.29 is 22.6 Å². The number of aromatic nitrogens is 1. The minimum absolute atomic E-state index is 0.178. The van der Waals surface area contributed by atoms with Crippen LogP contribution in [0.15, 0.2) is 42.5 Å². The van der Waals surface area contributed by atoms with E-state index in [1.807, 2.05) is 18.2 Å². The molecule has 1 aliphatic heterocycles. The van der Waals surface area contributed by atoms with Crippen molar-refractivity contribution in [3.8, 4) is 11.5 Å². The van der Waals surface area contributed by atoms with Gasteiger partial charge in [0, 0.05) is 22.4 Å². The lowest BCUT2D eigenvalue weighted by atomic mass is 9.90. The van der Waals surface area contributed by atoms with Crippen molar-refractivity contribution in [2.24, 2.45) is 0 Å². The number of anilines is 2.